The summed E-state index contributed by atoms with van der Waals surface area (Å²) in [6, 6.07) is 8.19. The number of ketones is 1. The van der Waals surface area contributed by atoms with Crippen molar-refractivity contribution < 1.29 is 4.79 Å². The van der Waals surface area contributed by atoms with E-state index in [0.717, 1.165) is 35.2 Å². The smallest absolute Gasteiger partial charge is 0.162 e. The van der Waals surface area contributed by atoms with Crippen molar-refractivity contribution in [1.82, 2.24) is 9.55 Å². The average molecular weight is 292 g/mol. The normalized spacial score (nSPS) is 28.7. The van der Waals surface area contributed by atoms with Crippen LogP contribution in [0.5, 0.6) is 0 Å². The fraction of sp³-hybridized carbons (Fsp3) is 0.368. The summed E-state index contributed by atoms with van der Waals surface area (Å²) in [7, 11) is 1.97. The standard InChI is InChI=1S/C19H20N2O/c1-12-15-8-7-14(19(22)18(12)15)9-13-5-3-4-6-16(13)17-10-21(2)11-20-17/h3-6,9-12,15,18H,7-8H2,1-2H3/b14-9+. The molecule has 0 spiro atoms. The predicted octanol–water partition coefficient (Wildman–Crippen LogP) is 3.72. The van der Waals surface area contributed by atoms with Gasteiger partial charge in [0.05, 0.1) is 12.0 Å². The number of Topliss-reactive ketones (excluding diaryl/α,β-unsaturated/α-hetero) is 1. The first kappa shape index (κ1) is 13.5. The maximum atomic E-state index is 12.5. The summed E-state index contributed by atoms with van der Waals surface area (Å²) in [6.07, 6.45) is 7.99. The van der Waals surface area contributed by atoms with Crippen LogP contribution in [0.25, 0.3) is 17.3 Å². The fourth-order valence-corrected chi connectivity index (χ4v) is 3.82. The molecule has 2 saturated carbocycles. The van der Waals surface area contributed by atoms with Crippen LogP contribution >= 0.6 is 0 Å². The number of rotatable bonds is 2. The Bertz CT molecular complexity index is 771. The Kier molecular flexibility index (Phi) is 3.03. The van der Waals surface area contributed by atoms with Gasteiger partial charge in [0.2, 0.25) is 0 Å². The summed E-state index contributed by atoms with van der Waals surface area (Å²) in [5, 5.41) is 0. The lowest BCUT2D eigenvalue weighted by molar-refractivity contribution is -0.117. The molecular weight excluding hydrogens is 272 g/mol. The van der Waals surface area contributed by atoms with E-state index in [1.165, 1.54) is 0 Å². The van der Waals surface area contributed by atoms with E-state index in [1.807, 2.05) is 36.3 Å². The fourth-order valence-electron chi connectivity index (χ4n) is 3.82. The molecule has 2 aliphatic rings. The van der Waals surface area contributed by atoms with Gasteiger partial charge in [0.25, 0.3) is 0 Å². The molecule has 4 rings (SSSR count). The van der Waals surface area contributed by atoms with E-state index in [1.54, 1.807) is 0 Å². The number of fused-ring (bicyclic) bond motifs is 1. The van der Waals surface area contributed by atoms with Gasteiger partial charge in [0.15, 0.2) is 5.78 Å². The van der Waals surface area contributed by atoms with E-state index in [9.17, 15) is 4.79 Å². The Labute approximate surface area is 130 Å². The van der Waals surface area contributed by atoms with Crippen molar-refractivity contribution in [1.29, 1.82) is 0 Å². The molecule has 3 nitrogen and oxygen atoms in total. The molecule has 0 amide bonds. The van der Waals surface area contributed by atoms with Gasteiger partial charge in [-0.2, -0.15) is 0 Å². The van der Waals surface area contributed by atoms with Crippen molar-refractivity contribution in [2.75, 3.05) is 0 Å². The second-order valence-corrected chi connectivity index (χ2v) is 6.63. The first-order valence-corrected chi connectivity index (χ1v) is 7.97. The molecule has 2 aromatic rings. The molecule has 0 bridgehead atoms. The molecule has 1 aromatic carbocycles. The van der Waals surface area contributed by atoms with E-state index in [-0.39, 0.29) is 0 Å². The SMILES string of the molecule is CC1C2CC/C(=C\c3ccccc3-c3cn(C)cn3)C(=O)C12. The second kappa shape index (κ2) is 4.94. The van der Waals surface area contributed by atoms with Crippen molar-refractivity contribution in [3.05, 3.63) is 47.9 Å². The van der Waals surface area contributed by atoms with Crippen molar-refractivity contribution in [3.8, 4) is 11.3 Å². The Morgan fingerprint density at radius 2 is 2.14 bits per heavy atom. The monoisotopic (exact) mass is 292 g/mol. The number of imidazole rings is 1. The highest BCUT2D eigenvalue weighted by Crippen LogP contribution is 2.54. The lowest BCUT2D eigenvalue weighted by Gasteiger charge is -2.13. The molecule has 0 saturated heterocycles. The summed E-state index contributed by atoms with van der Waals surface area (Å²) in [5.41, 5.74) is 4.13. The van der Waals surface area contributed by atoms with Crippen molar-refractivity contribution >= 4 is 11.9 Å². The largest absolute Gasteiger partial charge is 0.340 e. The Balaban J connectivity index is 1.71. The van der Waals surface area contributed by atoms with Crippen LogP contribution < -0.4 is 0 Å². The minimum absolute atomic E-state index is 0.294. The van der Waals surface area contributed by atoms with Crippen LogP contribution in [-0.4, -0.2) is 15.3 Å². The molecule has 112 valence electrons. The maximum absolute atomic E-state index is 12.5. The highest BCUT2D eigenvalue weighted by Gasteiger charge is 2.53. The van der Waals surface area contributed by atoms with Gasteiger partial charge in [-0.25, -0.2) is 4.98 Å². The van der Waals surface area contributed by atoms with Gasteiger partial charge in [-0.15, -0.1) is 0 Å². The number of hydrogen-bond acceptors (Lipinski definition) is 2. The molecule has 1 heterocycles. The van der Waals surface area contributed by atoms with Crippen LogP contribution in [0.3, 0.4) is 0 Å². The molecule has 2 aliphatic carbocycles. The third-order valence-corrected chi connectivity index (χ3v) is 5.20. The van der Waals surface area contributed by atoms with E-state index in [4.69, 9.17) is 0 Å². The minimum Gasteiger partial charge on any atom is -0.340 e. The van der Waals surface area contributed by atoms with Crippen LogP contribution in [0.1, 0.15) is 25.3 Å². The van der Waals surface area contributed by atoms with Gasteiger partial charge in [0, 0.05) is 24.7 Å². The third kappa shape index (κ3) is 2.12. The number of hydrogen-bond donors (Lipinski definition) is 0. The number of aryl methyl sites for hydroxylation is 1. The topological polar surface area (TPSA) is 34.9 Å². The molecule has 1 aromatic heterocycles. The van der Waals surface area contributed by atoms with Gasteiger partial charge in [0.1, 0.15) is 0 Å². The molecule has 0 aliphatic heterocycles. The van der Waals surface area contributed by atoms with Gasteiger partial charge >= 0.3 is 0 Å². The zero-order chi connectivity index (χ0) is 15.3. The summed E-state index contributed by atoms with van der Waals surface area (Å²) in [5.74, 6) is 1.90. The van der Waals surface area contributed by atoms with Crippen LogP contribution in [0.4, 0.5) is 0 Å². The molecule has 3 unspecified atom stereocenters. The van der Waals surface area contributed by atoms with Crippen LogP contribution in [-0.2, 0) is 11.8 Å². The number of nitrogens with zero attached hydrogens (tertiary/aromatic N) is 2. The first-order valence-electron chi connectivity index (χ1n) is 7.97. The van der Waals surface area contributed by atoms with Gasteiger partial charge in [-0.3, -0.25) is 4.79 Å². The maximum Gasteiger partial charge on any atom is 0.162 e. The average Bonchev–Trinajstić information content (AvgIpc) is 2.98. The lowest BCUT2D eigenvalue weighted by atomic mass is 9.91. The minimum atomic E-state index is 0.294. The molecule has 3 heteroatoms. The molecule has 2 fully saturated rings. The number of allylic oxidation sites excluding steroid dienone is 1. The summed E-state index contributed by atoms with van der Waals surface area (Å²) in [6.45, 7) is 2.21. The molecular formula is C19H20N2O. The number of carbonyl (C=O) groups excluding carboxylic acids is 1. The quantitative estimate of drug-likeness (QED) is 0.791. The first-order chi connectivity index (χ1) is 10.6. The van der Waals surface area contributed by atoms with Gasteiger partial charge in [-0.05, 0) is 41.9 Å². The van der Waals surface area contributed by atoms with Crippen LogP contribution in [0.2, 0.25) is 0 Å². The molecule has 22 heavy (non-hydrogen) atoms. The van der Waals surface area contributed by atoms with E-state index < -0.39 is 0 Å². The van der Waals surface area contributed by atoms with Gasteiger partial charge < -0.3 is 4.57 Å². The second-order valence-electron chi connectivity index (χ2n) is 6.63. The summed E-state index contributed by atoms with van der Waals surface area (Å²) < 4.78 is 1.95. The van der Waals surface area contributed by atoms with Gasteiger partial charge in [-0.1, -0.05) is 31.2 Å². The van der Waals surface area contributed by atoms with Crippen molar-refractivity contribution in [2.45, 2.75) is 19.8 Å². The molecule has 3 atom stereocenters. The highest BCUT2D eigenvalue weighted by atomic mass is 16.1. The zero-order valence-corrected chi connectivity index (χ0v) is 13.0. The van der Waals surface area contributed by atoms with Crippen LogP contribution in [0.15, 0.2) is 42.4 Å². The summed E-state index contributed by atoms with van der Waals surface area (Å²) >= 11 is 0. The molecule has 0 N–H and O–H groups in total. The number of benzene rings is 1. The summed E-state index contributed by atoms with van der Waals surface area (Å²) in [4.78, 5) is 17.0. The van der Waals surface area contributed by atoms with Crippen molar-refractivity contribution in [3.63, 3.8) is 0 Å². The zero-order valence-electron chi connectivity index (χ0n) is 13.0. The molecule has 0 radical (unpaired) electrons. The van der Waals surface area contributed by atoms with Crippen LogP contribution in [0, 0.1) is 17.8 Å². The highest BCUT2D eigenvalue weighted by molar-refractivity contribution is 6.04. The predicted molar refractivity (Wildman–Crippen MR) is 87.0 cm³/mol. The number of aromatic nitrogens is 2. The lowest BCUT2D eigenvalue weighted by Crippen LogP contribution is -2.12. The van der Waals surface area contributed by atoms with E-state index in [0.29, 0.717) is 23.5 Å². The van der Waals surface area contributed by atoms with Crippen molar-refractivity contribution in [2.24, 2.45) is 24.8 Å². The van der Waals surface area contributed by atoms with E-state index >= 15 is 0 Å². The Morgan fingerprint density at radius 3 is 2.91 bits per heavy atom. The third-order valence-electron chi connectivity index (χ3n) is 5.20. The number of carbonyl (C=O) groups is 1. The Morgan fingerprint density at radius 1 is 1.32 bits per heavy atom. The van der Waals surface area contributed by atoms with E-state index in [2.05, 4.69) is 30.1 Å². The Hall–Kier alpha value is -2.16.